The zero-order valence-corrected chi connectivity index (χ0v) is 15.8. The van der Waals surface area contributed by atoms with Crippen LogP contribution in [0.5, 0.6) is 0 Å². The summed E-state index contributed by atoms with van der Waals surface area (Å²) in [6, 6.07) is 8.48. The quantitative estimate of drug-likeness (QED) is 0.310. The fraction of sp³-hybridized carbons (Fsp3) is 0.650. The molecule has 0 aliphatic carbocycles. The summed E-state index contributed by atoms with van der Waals surface area (Å²) in [7, 11) is 1.43. The van der Waals surface area contributed by atoms with Crippen LogP contribution in [0.3, 0.4) is 0 Å². The summed E-state index contributed by atoms with van der Waals surface area (Å²) in [5.74, 6) is -0.141. The summed E-state index contributed by atoms with van der Waals surface area (Å²) in [6.07, 6.45) is 6.88. The van der Waals surface area contributed by atoms with Gasteiger partial charge in [0.25, 0.3) is 0 Å². The van der Waals surface area contributed by atoms with Crippen LogP contribution in [0.15, 0.2) is 24.3 Å². The second-order valence-corrected chi connectivity index (χ2v) is 7.97. The molecule has 0 bridgehead atoms. The Morgan fingerprint density at radius 2 is 1.78 bits per heavy atom. The lowest BCUT2D eigenvalue weighted by molar-refractivity contribution is -0.140. The smallest absolute Gasteiger partial charge is 0.305 e. The van der Waals surface area contributed by atoms with Crippen molar-refractivity contribution in [1.82, 2.24) is 0 Å². The maximum atomic E-state index is 11.1. The molecule has 23 heavy (non-hydrogen) atoms. The van der Waals surface area contributed by atoms with Crippen molar-refractivity contribution in [3.05, 3.63) is 35.4 Å². The molecule has 0 fully saturated rings. The van der Waals surface area contributed by atoms with Crippen molar-refractivity contribution < 1.29 is 9.53 Å². The molecular weight excluding hydrogens is 308 g/mol. The van der Waals surface area contributed by atoms with Crippen molar-refractivity contribution in [2.45, 2.75) is 71.1 Å². The molecule has 0 N–H and O–H groups in total. The number of methoxy groups -OCH3 is 1. The number of alkyl halides is 1. The third kappa shape index (κ3) is 9.00. The highest BCUT2D eigenvalue weighted by molar-refractivity contribution is 6.20. The average Bonchev–Trinajstić information content (AvgIpc) is 2.51. The highest BCUT2D eigenvalue weighted by Gasteiger charge is 2.11. The third-order valence-corrected chi connectivity index (χ3v) is 4.52. The number of carbonyl (C=O) groups excluding carboxylic acids is 1. The number of ether oxygens (including phenoxy) is 1. The van der Waals surface area contributed by atoms with E-state index in [4.69, 9.17) is 11.6 Å². The molecule has 1 atom stereocenters. The van der Waals surface area contributed by atoms with Crippen molar-refractivity contribution in [3.63, 3.8) is 0 Å². The molecule has 0 aromatic heterocycles. The maximum absolute atomic E-state index is 11.1. The second-order valence-electron chi connectivity index (χ2n) is 7.45. The van der Waals surface area contributed by atoms with Crippen LogP contribution < -0.4 is 0 Å². The molecule has 3 heteroatoms. The second kappa shape index (κ2) is 9.97. The van der Waals surface area contributed by atoms with E-state index in [0.29, 0.717) is 11.8 Å². The van der Waals surface area contributed by atoms with E-state index in [9.17, 15) is 4.79 Å². The Morgan fingerprint density at radius 1 is 1.13 bits per heavy atom. The van der Waals surface area contributed by atoms with Gasteiger partial charge in [0, 0.05) is 6.42 Å². The summed E-state index contributed by atoms with van der Waals surface area (Å²) in [5, 5.41) is 0.0964. The first-order valence-electron chi connectivity index (χ1n) is 8.61. The summed E-state index contributed by atoms with van der Waals surface area (Å²) < 4.78 is 4.65. The predicted octanol–water partition coefficient (Wildman–Crippen LogP) is 6.07. The van der Waals surface area contributed by atoms with E-state index < -0.39 is 0 Å². The largest absolute Gasteiger partial charge is 0.469 e. The summed E-state index contributed by atoms with van der Waals surface area (Å²) in [5.41, 5.74) is 2.85. The van der Waals surface area contributed by atoms with E-state index in [2.05, 4.69) is 49.8 Å². The minimum atomic E-state index is -0.141. The summed E-state index contributed by atoms with van der Waals surface area (Å²) in [6.45, 7) is 6.85. The van der Waals surface area contributed by atoms with Gasteiger partial charge >= 0.3 is 5.97 Å². The highest BCUT2D eigenvalue weighted by atomic mass is 35.5. The molecule has 130 valence electrons. The van der Waals surface area contributed by atoms with Crippen LogP contribution in [0.25, 0.3) is 0 Å². The molecule has 1 aromatic rings. The Bertz CT molecular complexity index is 460. The Kier molecular flexibility index (Phi) is 8.68. The van der Waals surface area contributed by atoms with Crippen molar-refractivity contribution >= 4 is 17.6 Å². The fourth-order valence-corrected chi connectivity index (χ4v) is 2.88. The molecule has 2 nitrogen and oxygen atoms in total. The standard InChI is InChI=1S/C20H31ClO2/c1-20(2,3)15-6-5-9-18(21)17-13-11-16(12-14-17)8-7-10-19(22)23-4/h11-14,18H,5-10,15H2,1-4H3. The van der Waals surface area contributed by atoms with Gasteiger partial charge in [-0.25, -0.2) is 0 Å². The molecule has 0 spiro atoms. The molecule has 0 heterocycles. The predicted molar refractivity (Wildman–Crippen MR) is 97.9 cm³/mol. The minimum Gasteiger partial charge on any atom is -0.469 e. The van der Waals surface area contributed by atoms with Gasteiger partial charge in [-0.3, -0.25) is 4.79 Å². The van der Waals surface area contributed by atoms with Gasteiger partial charge in [-0.2, -0.15) is 0 Å². The first kappa shape index (κ1) is 20.0. The zero-order chi connectivity index (χ0) is 17.3. The monoisotopic (exact) mass is 338 g/mol. The average molecular weight is 339 g/mol. The van der Waals surface area contributed by atoms with Crippen molar-refractivity contribution in [3.8, 4) is 0 Å². The lowest BCUT2D eigenvalue weighted by Crippen LogP contribution is -2.04. The van der Waals surface area contributed by atoms with Gasteiger partial charge in [0.15, 0.2) is 0 Å². The van der Waals surface area contributed by atoms with Crippen LogP contribution in [0, 0.1) is 5.41 Å². The molecule has 0 amide bonds. The highest BCUT2D eigenvalue weighted by Crippen LogP contribution is 2.29. The third-order valence-electron chi connectivity index (χ3n) is 4.05. The van der Waals surface area contributed by atoms with Crippen molar-refractivity contribution in [2.75, 3.05) is 7.11 Å². The van der Waals surface area contributed by atoms with E-state index in [-0.39, 0.29) is 11.3 Å². The number of carbonyl (C=O) groups is 1. The first-order chi connectivity index (χ1) is 10.8. The number of benzene rings is 1. The SMILES string of the molecule is COC(=O)CCCc1ccc(C(Cl)CCCCC(C)(C)C)cc1. The van der Waals surface area contributed by atoms with E-state index in [1.54, 1.807) is 0 Å². The van der Waals surface area contributed by atoms with Gasteiger partial charge in [0.05, 0.1) is 12.5 Å². The van der Waals surface area contributed by atoms with Gasteiger partial charge in [0.2, 0.25) is 0 Å². The Morgan fingerprint density at radius 3 is 2.35 bits per heavy atom. The van der Waals surface area contributed by atoms with E-state index in [1.165, 1.54) is 37.5 Å². The Balaban J connectivity index is 2.33. The van der Waals surface area contributed by atoms with Crippen molar-refractivity contribution in [2.24, 2.45) is 5.41 Å². The molecule has 0 aliphatic rings. The van der Waals surface area contributed by atoms with Gasteiger partial charge in [-0.15, -0.1) is 11.6 Å². The van der Waals surface area contributed by atoms with Gasteiger partial charge in [0.1, 0.15) is 0 Å². The Hall–Kier alpha value is -1.02. The molecule has 0 saturated heterocycles. The van der Waals surface area contributed by atoms with E-state index in [1.807, 2.05) is 0 Å². The van der Waals surface area contributed by atoms with E-state index >= 15 is 0 Å². The lowest BCUT2D eigenvalue weighted by Gasteiger charge is -2.18. The number of rotatable bonds is 9. The Labute approximate surface area is 146 Å². The minimum absolute atomic E-state index is 0.0964. The topological polar surface area (TPSA) is 26.3 Å². The molecular formula is C20H31ClO2. The van der Waals surface area contributed by atoms with E-state index in [0.717, 1.165) is 19.3 Å². The number of hydrogen-bond donors (Lipinski definition) is 0. The first-order valence-corrected chi connectivity index (χ1v) is 9.05. The lowest BCUT2D eigenvalue weighted by atomic mass is 9.89. The van der Waals surface area contributed by atoms with Crippen LogP contribution in [-0.2, 0) is 16.0 Å². The molecule has 0 radical (unpaired) electrons. The van der Waals surface area contributed by atoms with Crippen LogP contribution in [0.1, 0.15) is 75.8 Å². The van der Waals surface area contributed by atoms with Gasteiger partial charge in [-0.1, -0.05) is 57.9 Å². The molecule has 1 unspecified atom stereocenters. The molecule has 1 rings (SSSR count). The number of aryl methyl sites for hydroxylation is 1. The summed E-state index contributed by atoms with van der Waals surface area (Å²) in [4.78, 5) is 11.1. The number of unbranched alkanes of at least 4 members (excludes halogenated alkanes) is 1. The summed E-state index contributed by atoms with van der Waals surface area (Å²) >= 11 is 6.51. The fourth-order valence-electron chi connectivity index (χ4n) is 2.58. The number of hydrogen-bond acceptors (Lipinski definition) is 2. The maximum Gasteiger partial charge on any atom is 0.305 e. The number of halogens is 1. The molecule has 0 saturated carbocycles. The van der Waals surface area contributed by atoms with Gasteiger partial charge < -0.3 is 4.74 Å². The normalized spacial score (nSPS) is 12.9. The zero-order valence-electron chi connectivity index (χ0n) is 15.0. The van der Waals surface area contributed by atoms with Crippen LogP contribution in [0.4, 0.5) is 0 Å². The van der Waals surface area contributed by atoms with Crippen LogP contribution in [0.2, 0.25) is 0 Å². The number of esters is 1. The molecule has 0 aliphatic heterocycles. The van der Waals surface area contributed by atoms with Crippen LogP contribution >= 0.6 is 11.6 Å². The van der Waals surface area contributed by atoms with Crippen molar-refractivity contribution in [1.29, 1.82) is 0 Å². The van der Waals surface area contributed by atoms with Crippen LogP contribution in [-0.4, -0.2) is 13.1 Å². The van der Waals surface area contributed by atoms with Gasteiger partial charge in [-0.05, 0) is 42.2 Å². The molecule has 1 aromatic carbocycles.